The van der Waals surface area contributed by atoms with Gasteiger partial charge in [0.25, 0.3) is 0 Å². The zero-order chi connectivity index (χ0) is 16.1. The standard InChI is InChI=1S/C14H22N4O3S/c1-4-5-11-16-17-14(22-11)15-13(20)10-6-12(19)18(7-10)9(2)8-21-3/h9-10H,4-8H2,1-3H3,(H,15,17,20)/t9-,10+/m1/s1. The minimum absolute atomic E-state index is 0.00589. The molecule has 2 amide bonds. The Morgan fingerprint density at radius 3 is 3.00 bits per heavy atom. The lowest BCUT2D eigenvalue weighted by Crippen LogP contribution is -2.38. The van der Waals surface area contributed by atoms with E-state index in [2.05, 4.69) is 22.4 Å². The molecular weight excluding hydrogens is 304 g/mol. The number of nitrogens with zero attached hydrogens (tertiary/aromatic N) is 3. The molecule has 7 nitrogen and oxygen atoms in total. The van der Waals surface area contributed by atoms with Gasteiger partial charge in [0.05, 0.1) is 18.6 Å². The smallest absolute Gasteiger partial charge is 0.231 e. The summed E-state index contributed by atoms with van der Waals surface area (Å²) in [6, 6.07) is -0.0204. The van der Waals surface area contributed by atoms with Crippen LogP contribution in [0.3, 0.4) is 0 Å². The molecule has 0 bridgehead atoms. The van der Waals surface area contributed by atoms with Crippen molar-refractivity contribution in [2.24, 2.45) is 5.92 Å². The van der Waals surface area contributed by atoms with Crippen LogP contribution in [0.4, 0.5) is 5.13 Å². The molecule has 1 N–H and O–H groups in total. The molecule has 2 rings (SSSR count). The molecule has 1 aromatic heterocycles. The second kappa shape index (κ2) is 7.64. The van der Waals surface area contributed by atoms with Crippen LogP contribution >= 0.6 is 11.3 Å². The van der Waals surface area contributed by atoms with Gasteiger partial charge in [-0.2, -0.15) is 0 Å². The van der Waals surface area contributed by atoms with Crippen molar-refractivity contribution in [3.63, 3.8) is 0 Å². The largest absolute Gasteiger partial charge is 0.383 e. The van der Waals surface area contributed by atoms with Gasteiger partial charge in [-0.05, 0) is 13.3 Å². The van der Waals surface area contributed by atoms with E-state index in [1.165, 1.54) is 11.3 Å². The summed E-state index contributed by atoms with van der Waals surface area (Å²) >= 11 is 1.39. The number of likely N-dealkylation sites (tertiary alicyclic amines) is 1. The normalized spacial score (nSPS) is 19.5. The highest BCUT2D eigenvalue weighted by molar-refractivity contribution is 7.15. The highest BCUT2D eigenvalue weighted by Crippen LogP contribution is 2.23. The van der Waals surface area contributed by atoms with Gasteiger partial charge in [-0.25, -0.2) is 0 Å². The average Bonchev–Trinajstić information content (AvgIpc) is 3.06. The molecule has 1 aliphatic heterocycles. The summed E-state index contributed by atoms with van der Waals surface area (Å²) in [5.74, 6) is -0.515. The number of nitrogens with one attached hydrogen (secondary N) is 1. The van der Waals surface area contributed by atoms with E-state index in [1.807, 2.05) is 6.92 Å². The molecule has 2 heterocycles. The lowest BCUT2D eigenvalue weighted by molar-refractivity contribution is -0.130. The summed E-state index contributed by atoms with van der Waals surface area (Å²) in [6.45, 7) is 4.88. The maximum Gasteiger partial charge on any atom is 0.231 e. The monoisotopic (exact) mass is 326 g/mol. The number of carbonyl (C=O) groups is 2. The van der Waals surface area contributed by atoms with E-state index in [9.17, 15) is 9.59 Å². The third-order valence-corrected chi connectivity index (χ3v) is 4.53. The third kappa shape index (κ3) is 4.01. The fourth-order valence-corrected chi connectivity index (χ4v) is 3.34. The van der Waals surface area contributed by atoms with Gasteiger partial charge in [-0.3, -0.25) is 9.59 Å². The highest BCUT2D eigenvalue weighted by atomic mass is 32.1. The minimum atomic E-state index is -0.342. The number of aryl methyl sites for hydroxylation is 1. The molecule has 8 heteroatoms. The molecular formula is C14H22N4O3S. The summed E-state index contributed by atoms with van der Waals surface area (Å²) in [5.41, 5.74) is 0. The number of hydrogen-bond donors (Lipinski definition) is 1. The molecule has 1 aromatic rings. The number of anilines is 1. The number of ether oxygens (including phenoxy) is 1. The van der Waals surface area contributed by atoms with Crippen LogP contribution in [0, 0.1) is 5.92 Å². The molecule has 1 aliphatic rings. The highest BCUT2D eigenvalue weighted by Gasteiger charge is 2.36. The van der Waals surface area contributed by atoms with E-state index in [4.69, 9.17) is 4.74 Å². The first-order valence-corrected chi connectivity index (χ1v) is 8.28. The summed E-state index contributed by atoms with van der Waals surface area (Å²) in [6.07, 6.45) is 2.09. The van der Waals surface area contributed by atoms with Crippen molar-refractivity contribution in [2.45, 2.75) is 39.2 Å². The zero-order valence-electron chi connectivity index (χ0n) is 13.2. The van der Waals surface area contributed by atoms with E-state index in [0.717, 1.165) is 17.8 Å². The Bertz CT molecular complexity index is 534. The molecule has 0 saturated carbocycles. The first kappa shape index (κ1) is 16.8. The Hall–Kier alpha value is -1.54. The number of methoxy groups -OCH3 is 1. The molecule has 2 atom stereocenters. The predicted molar refractivity (Wildman–Crippen MR) is 83.7 cm³/mol. The van der Waals surface area contributed by atoms with Crippen molar-refractivity contribution in [2.75, 3.05) is 25.6 Å². The molecule has 0 radical (unpaired) electrons. The zero-order valence-corrected chi connectivity index (χ0v) is 14.0. The number of hydrogen-bond acceptors (Lipinski definition) is 6. The first-order chi connectivity index (χ1) is 10.5. The second-order valence-electron chi connectivity index (χ2n) is 5.49. The van der Waals surface area contributed by atoms with Crippen LogP contribution in [-0.4, -0.2) is 53.2 Å². The number of rotatable bonds is 7. The molecule has 22 heavy (non-hydrogen) atoms. The number of amides is 2. The van der Waals surface area contributed by atoms with Gasteiger partial charge in [-0.15, -0.1) is 10.2 Å². The van der Waals surface area contributed by atoms with Gasteiger partial charge < -0.3 is 15.0 Å². The predicted octanol–water partition coefficient (Wildman–Crippen LogP) is 1.31. The summed E-state index contributed by atoms with van der Waals surface area (Å²) < 4.78 is 5.07. The van der Waals surface area contributed by atoms with Gasteiger partial charge in [0.1, 0.15) is 5.01 Å². The molecule has 0 aliphatic carbocycles. The Kier molecular flexibility index (Phi) is 5.84. The average molecular weight is 326 g/mol. The third-order valence-electron chi connectivity index (χ3n) is 3.63. The van der Waals surface area contributed by atoms with Crippen LogP contribution in [0.15, 0.2) is 0 Å². The van der Waals surface area contributed by atoms with Crippen LogP contribution in [0.25, 0.3) is 0 Å². The van der Waals surface area contributed by atoms with Crippen molar-refractivity contribution in [3.05, 3.63) is 5.01 Å². The van der Waals surface area contributed by atoms with Gasteiger partial charge in [0, 0.05) is 26.5 Å². The van der Waals surface area contributed by atoms with Crippen molar-refractivity contribution in [1.82, 2.24) is 15.1 Å². The van der Waals surface area contributed by atoms with Crippen LogP contribution < -0.4 is 5.32 Å². The molecule has 0 aromatic carbocycles. The van der Waals surface area contributed by atoms with Gasteiger partial charge in [0.2, 0.25) is 16.9 Å². The number of aromatic nitrogens is 2. The second-order valence-corrected chi connectivity index (χ2v) is 6.55. The van der Waals surface area contributed by atoms with Crippen molar-refractivity contribution >= 4 is 28.3 Å². The maximum atomic E-state index is 12.3. The topological polar surface area (TPSA) is 84.4 Å². The van der Waals surface area contributed by atoms with Crippen LogP contribution in [0.2, 0.25) is 0 Å². The van der Waals surface area contributed by atoms with Crippen molar-refractivity contribution in [3.8, 4) is 0 Å². The van der Waals surface area contributed by atoms with Gasteiger partial charge in [0.15, 0.2) is 0 Å². The van der Waals surface area contributed by atoms with E-state index in [-0.39, 0.29) is 30.2 Å². The van der Waals surface area contributed by atoms with E-state index < -0.39 is 0 Å². The quantitative estimate of drug-likeness (QED) is 0.817. The van der Waals surface area contributed by atoms with Crippen LogP contribution in [-0.2, 0) is 20.7 Å². The number of carbonyl (C=O) groups excluding carboxylic acids is 2. The molecule has 1 fully saturated rings. The van der Waals surface area contributed by atoms with E-state index >= 15 is 0 Å². The fourth-order valence-electron chi connectivity index (χ4n) is 2.49. The molecule has 0 unspecified atom stereocenters. The van der Waals surface area contributed by atoms with E-state index in [0.29, 0.717) is 18.3 Å². The van der Waals surface area contributed by atoms with Crippen LogP contribution in [0.1, 0.15) is 31.7 Å². The summed E-state index contributed by atoms with van der Waals surface area (Å²) in [4.78, 5) is 26.0. The van der Waals surface area contributed by atoms with Crippen LogP contribution in [0.5, 0.6) is 0 Å². The fraction of sp³-hybridized carbons (Fsp3) is 0.714. The lowest BCUT2D eigenvalue weighted by atomic mass is 10.1. The molecule has 122 valence electrons. The summed E-state index contributed by atoms with van der Waals surface area (Å²) in [5, 5.41) is 12.2. The Morgan fingerprint density at radius 2 is 2.32 bits per heavy atom. The minimum Gasteiger partial charge on any atom is -0.383 e. The van der Waals surface area contributed by atoms with E-state index in [1.54, 1.807) is 12.0 Å². The Balaban J connectivity index is 1.91. The Morgan fingerprint density at radius 1 is 1.55 bits per heavy atom. The maximum absolute atomic E-state index is 12.3. The summed E-state index contributed by atoms with van der Waals surface area (Å²) in [7, 11) is 1.60. The van der Waals surface area contributed by atoms with Gasteiger partial charge in [-0.1, -0.05) is 18.3 Å². The van der Waals surface area contributed by atoms with Crippen molar-refractivity contribution < 1.29 is 14.3 Å². The first-order valence-electron chi connectivity index (χ1n) is 7.46. The van der Waals surface area contributed by atoms with Crippen molar-refractivity contribution in [1.29, 1.82) is 0 Å². The molecule has 1 saturated heterocycles. The SMILES string of the molecule is CCCc1nnc(NC(=O)[C@H]2CC(=O)N([C@H](C)COC)C2)s1. The lowest BCUT2D eigenvalue weighted by Gasteiger charge is -2.23. The Labute approximate surface area is 134 Å². The molecule has 0 spiro atoms. The van der Waals surface area contributed by atoms with Gasteiger partial charge >= 0.3 is 0 Å².